The second-order valence-electron chi connectivity index (χ2n) is 6.25. The summed E-state index contributed by atoms with van der Waals surface area (Å²) in [6, 6.07) is 6.64. The molecule has 1 aliphatic heterocycles. The average molecular weight is 274 g/mol. The van der Waals surface area contributed by atoms with E-state index in [2.05, 4.69) is 35.3 Å². The van der Waals surface area contributed by atoms with Gasteiger partial charge in [-0.25, -0.2) is 0 Å². The van der Waals surface area contributed by atoms with Crippen LogP contribution in [0.1, 0.15) is 24.5 Å². The molecule has 1 N–H and O–H groups in total. The molecule has 1 fully saturated rings. The van der Waals surface area contributed by atoms with E-state index in [0.717, 1.165) is 32.0 Å². The van der Waals surface area contributed by atoms with Gasteiger partial charge in [0.1, 0.15) is 5.75 Å². The van der Waals surface area contributed by atoms with Gasteiger partial charge in [0.25, 0.3) is 0 Å². The van der Waals surface area contributed by atoms with Crippen molar-refractivity contribution in [3.63, 3.8) is 0 Å². The molecule has 0 saturated carbocycles. The number of nitrogens with zero attached hydrogens (tertiary/aromatic N) is 1. The molecule has 1 aliphatic carbocycles. The van der Waals surface area contributed by atoms with E-state index in [1.807, 2.05) is 0 Å². The molecular formula is C17H26N2O. The lowest BCUT2D eigenvalue weighted by atomic mass is 10.1. The van der Waals surface area contributed by atoms with Crippen molar-refractivity contribution in [3.8, 4) is 5.75 Å². The van der Waals surface area contributed by atoms with Gasteiger partial charge < -0.3 is 15.0 Å². The van der Waals surface area contributed by atoms with Crippen LogP contribution in [0.4, 0.5) is 0 Å². The van der Waals surface area contributed by atoms with Crippen LogP contribution in [0.15, 0.2) is 18.2 Å². The number of hydrogen-bond donors (Lipinski definition) is 1. The monoisotopic (exact) mass is 274 g/mol. The first kappa shape index (κ1) is 13.9. The Morgan fingerprint density at radius 3 is 2.85 bits per heavy atom. The number of nitrogens with one attached hydrogen (secondary N) is 1. The minimum atomic E-state index is 0.585. The predicted octanol–water partition coefficient (Wildman–Crippen LogP) is 2.10. The number of ether oxygens (including phenoxy) is 1. The van der Waals surface area contributed by atoms with E-state index in [4.69, 9.17) is 4.74 Å². The summed E-state index contributed by atoms with van der Waals surface area (Å²) < 4.78 is 5.99. The highest BCUT2D eigenvalue weighted by atomic mass is 16.5. The quantitative estimate of drug-likeness (QED) is 0.890. The second-order valence-corrected chi connectivity index (χ2v) is 6.25. The van der Waals surface area contributed by atoms with Gasteiger partial charge in [-0.3, -0.25) is 0 Å². The summed E-state index contributed by atoms with van der Waals surface area (Å²) in [6.07, 6.45) is 3.77. The van der Waals surface area contributed by atoms with Crippen molar-refractivity contribution in [2.24, 2.45) is 5.92 Å². The molecule has 3 rings (SSSR count). The Morgan fingerprint density at radius 1 is 1.20 bits per heavy atom. The highest BCUT2D eigenvalue weighted by molar-refractivity contribution is 5.38. The van der Waals surface area contributed by atoms with E-state index in [-0.39, 0.29) is 0 Å². The maximum Gasteiger partial charge on any atom is 0.119 e. The van der Waals surface area contributed by atoms with Gasteiger partial charge in [-0.05, 0) is 42.5 Å². The molecule has 1 aromatic rings. The molecule has 0 amide bonds. The lowest BCUT2D eigenvalue weighted by Crippen LogP contribution is -2.45. The van der Waals surface area contributed by atoms with E-state index in [1.54, 1.807) is 0 Å². The van der Waals surface area contributed by atoms with Crippen LogP contribution in [0.2, 0.25) is 0 Å². The minimum absolute atomic E-state index is 0.585. The SMILES string of the molecule is CC(COc1ccc2c(c1)CCC2)CN1CCNCC1. The summed E-state index contributed by atoms with van der Waals surface area (Å²) >= 11 is 0. The third-order valence-corrected chi connectivity index (χ3v) is 4.38. The normalized spacial score (nSPS) is 20.6. The number of benzene rings is 1. The Bertz CT molecular complexity index is 441. The van der Waals surface area contributed by atoms with Gasteiger partial charge >= 0.3 is 0 Å². The van der Waals surface area contributed by atoms with Crippen molar-refractivity contribution >= 4 is 0 Å². The molecule has 2 aliphatic rings. The maximum atomic E-state index is 5.99. The lowest BCUT2D eigenvalue weighted by molar-refractivity contribution is 0.171. The van der Waals surface area contributed by atoms with Gasteiger partial charge in [0.15, 0.2) is 0 Å². The van der Waals surface area contributed by atoms with E-state index < -0.39 is 0 Å². The van der Waals surface area contributed by atoms with E-state index in [1.165, 1.54) is 43.5 Å². The third-order valence-electron chi connectivity index (χ3n) is 4.38. The van der Waals surface area contributed by atoms with Crippen LogP contribution in [-0.4, -0.2) is 44.2 Å². The molecular weight excluding hydrogens is 248 g/mol. The van der Waals surface area contributed by atoms with Crippen molar-refractivity contribution in [2.45, 2.75) is 26.2 Å². The van der Waals surface area contributed by atoms with Gasteiger partial charge in [0.05, 0.1) is 6.61 Å². The second kappa shape index (κ2) is 6.59. The smallest absolute Gasteiger partial charge is 0.119 e. The third kappa shape index (κ3) is 3.53. The molecule has 0 radical (unpaired) electrons. The van der Waals surface area contributed by atoms with Gasteiger partial charge in [-0.2, -0.15) is 0 Å². The van der Waals surface area contributed by atoms with Crippen molar-refractivity contribution in [2.75, 3.05) is 39.3 Å². The number of hydrogen-bond acceptors (Lipinski definition) is 3. The topological polar surface area (TPSA) is 24.5 Å². The largest absolute Gasteiger partial charge is 0.493 e. The summed E-state index contributed by atoms with van der Waals surface area (Å²) in [5.41, 5.74) is 3.02. The Labute approximate surface area is 122 Å². The first-order valence-electron chi connectivity index (χ1n) is 7.99. The number of fused-ring (bicyclic) bond motifs is 1. The van der Waals surface area contributed by atoms with Crippen molar-refractivity contribution in [1.82, 2.24) is 10.2 Å². The Kier molecular flexibility index (Phi) is 4.58. The molecule has 1 unspecified atom stereocenters. The average Bonchev–Trinajstić information content (AvgIpc) is 2.93. The van der Waals surface area contributed by atoms with E-state index in [0.29, 0.717) is 5.92 Å². The van der Waals surface area contributed by atoms with Crippen LogP contribution in [0.5, 0.6) is 5.75 Å². The Morgan fingerprint density at radius 2 is 2.00 bits per heavy atom. The minimum Gasteiger partial charge on any atom is -0.493 e. The molecule has 110 valence electrons. The molecule has 1 atom stereocenters. The first-order chi connectivity index (χ1) is 9.81. The van der Waals surface area contributed by atoms with Gasteiger partial charge in [0.2, 0.25) is 0 Å². The molecule has 3 heteroatoms. The Hall–Kier alpha value is -1.06. The fraction of sp³-hybridized carbons (Fsp3) is 0.647. The summed E-state index contributed by atoms with van der Waals surface area (Å²) in [5, 5.41) is 3.40. The van der Waals surface area contributed by atoms with Crippen LogP contribution < -0.4 is 10.1 Å². The van der Waals surface area contributed by atoms with Crippen molar-refractivity contribution in [1.29, 1.82) is 0 Å². The first-order valence-corrected chi connectivity index (χ1v) is 7.99. The molecule has 3 nitrogen and oxygen atoms in total. The van der Waals surface area contributed by atoms with Gasteiger partial charge in [-0.1, -0.05) is 13.0 Å². The highest BCUT2D eigenvalue weighted by Crippen LogP contribution is 2.26. The van der Waals surface area contributed by atoms with Gasteiger partial charge in [-0.15, -0.1) is 0 Å². The van der Waals surface area contributed by atoms with E-state index >= 15 is 0 Å². The zero-order valence-electron chi connectivity index (χ0n) is 12.5. The maximum absolute atomic E-state index is 5.99. The van der Waals surface area contributed by atoms with Crippen LogP contribution >= 0.6 is 0 Å². The van der Waals surface area contributed by atoms with Crippen LogP contribution in [-0.2, 0) is 12.8 Å². The molecule has 20 heavy (non-hydrogen) atoms. The summed E-state index contributed by atoms with van der Waals surface area (Å²) in [7, 11) is 0. The van der Waals surface area contributed by atoms with Crippen LogP contribution in [0.25, 0.3) is 0 Å². The fourth-order valence-electron chi connectivity index (χ4n) is 3.26. The standard InChI is InChI=1S/C17H26N2O/c1-14(12-19-9-7-18-8-10-19)13-20-17-6-5-15-3-2-4-16(15)11-17/h5-6,11,14,18H,2-4,7-10,12-13H2,1H3. The zero-order valence-corrected chi connectivity index (χ0v) is 12.5. The predicted molar refractivity (Wildman–Crippen MR) is 82.4 cm³/mol. The fourth-order valence-corrected chi connectivity index (χ4v) is 3.26. The summed E-state index contributed by atoms with van der Waals surface area (Å²) in [4.78, 5) is 2.53. The number of aryl methyl sites for hydroxylation is 2. The van der Waals surface area contributed by atoms with E-state index in [9.17, 15) is 0 Å². The number of rotatable bonds is 5. The molecule has 1 saturated heterocycles. The van der Waals surface area contributed by atoms with Crippen LogP contribution in [0, 0.1) is 5.92 Å². The highest BCUT2D eigenvalue weighted by Gasteiger charge is 2.14. The molecule has 0 spiro atoms. The van der Waals surface area contributed by atoms with Crippen molar-refractivity contribution < 1.29 is 4.74 Å². The zero-order chi connectivity index (χ0) is 13.8. The summed E-state index contributed by atoms with van der Waals surface area (Å²) in [5.74, 6) is 1.64. The molecule has 0 bridgehead atoms. The Balaban J connectivity index is 1.46. The molecule has 1 aromatic carbocycles. The lowest BCUT2D eigenvalue weighted by Gasteiger charge is -2.29. The molecule has 1 heterocycles. The molecule has 0 aromatic heterocycles. The van der Waals surface area contributed by atoms with Crippen molar-refractivity contribution in [3.05, 3.63) is 29.3 Å². The summed E-state index contributed by atoms with van der Waals surface area (Å²) in [6.45, 7) is 8.84. The number of piperazine rings is 1. The van der Waals surface area contributed by atoms with Gasteiger partial charge in [0, 0.05) is 38.6 Å². The van der Waals surface area contributed by atoms with Crippen LogP contribution in [0.3, 0.4) is 0 Å².